The maximum Gasteiger partial charge on any atom is 0.170 e. The van der Waals surface area contributed by atoms with Crippen LogP contribution in [-0.2, 0) is 0 Å². The molecule has 3 rings (SSSR count). The first-order valence-electron chi connectivity index (χ1n) is 5.58. The molecule has 2 heterocycles. The van der Waals surface area contributed by atoms with Crippen LogP contribution in [0.3, 0.4) is 0 Å². The lowest BCUT2D eigenvalue weighted by atomic mass is 10.2. The van der Waals surface area contributed by atoms with Gasteiger partial charge in [0.2, 0.25) is 0 Å². The summed E-state index contributed by atoms with van der Waals surface area (Å²) in [6.07, 6.45) is 2.44. The minimum atomic E-state index is -0.369. The van der Waals surface area contributed by atoms with Crippen LogP contribution in [0.15, 0.2) is 47.1 Å². The third kappa shape index (κ3) is 1.96. The zero-order valence-corrected chi connectivity index (χ0v) is 11.3. The summed E-state index contributed by atoms with van der Waals surface area (Å²) in [7, 11) is 0. The van der Waals surface area contributed by atoms with Crippen molar-refractivity contribution in [2.45, 2.75) is 0 Å². The minimum Gasteiger partial charge on any atom is -0.298 e. The van der Waals surface area contributed by atoms with Gasteiger partial charge in [-0.1, -0.05) is 12.1 Å². The Bertz CT molecular complexity index is 782. The summed E-state index contributed by atoms with van der Waals surface area (Å²) < 4.78 is 16.4. The molecule has 19 heavy (non-hydrogen) atoms. The molecule has 0 aliphatic heterocycles. The lowest BCUT2D eigenvalue weighted by Crippen LogP contribution is -1.91. The van der Waals surface area contributed by atoms with E-state index in [2.05, 4.69) is 20.9 Å². The summed E-state index contributed by atoms with van der Waals surface area (Å²) in [6.45, 7) is 0. The standard InChI is InChI=1S/C14H8BrFN2O/c15-9-5-6-13-12(8-19)17-14(18(13)7-9)10-3-1-2-4-11(10)16/h1-8H. The largest absolute Gasteiger partial charge is 0.298 e. The summed E-state index contributed by atoms with van der Waals surface area (Å²) in [5.74, 6) is 0.0447. The van der Waals surface area contributed by atoms with Gasteiger partial charge in [0, 0.05) is 10.7 Å². The van der Waals surface area contributed by atoms with Gasteiger partial charge < -0.3 is 0 Å². The molecule has 0 N–H and O–H groups in total. The number of carbonyl (C=O) groups is 1. The number of rotatable bonds is 2. The van der Waals surface area contributed by atoms with Crippen LogP contribution in [0.5, 0.6) is 0 Å². The molecule has 1 aromatic carbocycles. The fraction of sp³-hybridized carbons (Fsp3) is 0. The van der Waals surface area contributed by atoms with Crippen molar-refractivity contribution in [3.8, 4) is 11.4 Å². The molecule has 3 aromatic rings. The van der Waals surface area contributed by atoms with Crippen molar-refractivity contribution in [3.05, 3.63) is 58.6 Å². The average Bonchev–Trinajstić information content (AvgIpc) is 2.77. The Hall–Kier alpha value is -2.01. The number of imidazole rings is 1. The van der Waals surface area contributed by atoms with Gasteiger partial charge in [-0.25, -0.2) is 9.37 Å². The summed E-state index contributed by atoms with van der Waals surface area (Å²) in [4.78, 5) is 15.3. The molecule has 0 fully saturated rings. The third-order valence-corrected chi connectivity index (χ3v) is 3.32. The number of benzene rings is 1. The highest BCUT2D eigenvalue weighted by Gasteiger charge is 2.14. The molecule has 0 saturated carbocycles. The van der Waals surface area contributed by atoms with Crippen LogP contribution in [0.1, 0.15) is 10.5 Å². The fourth-order valence-corrected chi connectivity index (χ4v) is 2.34. The number of pyridine rings is 1. The smallest absolute Gasteiger partial charge is 0.170 e. The van der Waals surface area contributed by atoms with E-state index in [1.165, 1.54) is 6.07 Å². The van der Waals surface area contributed by atoms with Crippen LogP contribution >= 0.6 is 15.9 Å². The minimum absolute atomic E-state index is 0.297. The van der Waals surface area contributed by atoms with E-state index in [4.69, 9.17) is 0 Å². The average molecular weight is 319 g/mol. The van der Waals surface area contributed by atoms with Crippen molar-refractivity contribution in [1.29, 1.82) is 0 Å². The van der Waals surface area contributed by atoms with E-state index in [0.717, 1.165) is 4.47 Å². The molecule has 0 saturated heterocycles. The Morgan fingerprint density at radius 1 is 1.21 bits per heavy atom. The highest BCUT2D eigenvalue weighted by Crippen LogP contribution is 2.26. The first-order chi connectivity index (χ1) is 9.20. The lowest BCUT2D eigenvalue weighted by molar-refractivity contribution is 0.112. The number of hydrogen-bond donors (Lipinski definition) is 0. The maximum absolute atomic E-state index is 13.9. The zero-order chi connectivity index (χ0) is 13.4. The van der Waals surface area contributed by atoms with Crippen molar-refractivity contribution >= 4 is 27.7 Å². The topological polar surface area (TPSA) is 34.4 Å². The summed E-state index contributed by atoms with van der Waals surface area (Å²) in [5, 5.41) is 0. The van der Waals surface area contributed by atoms with Gasteiger partial charge in [-0.2, -0.15) is 0 Å². The van der Waals surface area contributed by atoms with E-state index < -0.39 is 0 Å². The van der Waals surface area contributed by atoms with Crippen LogP contribution < -0.4 is 0 Å². The molecule has 2 aromatic heterocycles. The van der Waals surface area contributed by atoms with Gasteiger partial charge in [0.25, 0.3) is 0 Å². The number of aromatic nitrogens is 2. The Labute approximate surface area is 116 Å². The Morgan fingerprint density at radius 2 is 2.00 bits per heavy atom. The molecule has 0 amide bonds. The van der Waals surface area contributed by atoms with Gasteiger partial charge >= 0.3 is 0 Å². The second kappa shape index (κ2) is 4.59. The monoisotopic (exact) mass is 318 g/mol. The van der Waals surface area contributed by atoms with Gasteiger partial charge in [0.15, 0.2) is 6.29 Å². The number of aldehydes is 1. The SMILES string of the molecule is O=Cc1nc(-c2ccccc2F)n2cc(Br)ccc12. The molecule has 3 nitrogen and oxygen atoms in total. The predicted molar refractivity (Wildman–Crippen MR) is 73.7 cm³/mol. The van der Waals surface area contributed by atoms with Crippen LogP contribution in [0.2, 0.25) is 0 Å². The van der Waals surface area contributed by atoms with Crippen LogP contribution in [-0.4, -0.2) is 15.7 Å². The van der Waals surface area contributed by atoms with Crippen molar-refractivity contribution in [3.63, 3.8) is 0 Å². The molecule has 0 radical (unpaired) electrons. The summed E-state index contributed by atoms with van der Waals surface area (Å²) in [5.41, 5.74) is 1.31. The quantitative estimate of drug-likeness (QED) is 0.675. The van der Waals surface area contributed by atoms with Crippen LogP contribution in [0, 0.1) is 5.82 Å². The first kappa shape index (κ1) is 12.0. The summed E-state index contributed by atoms with van der Waals surface area (Å²) in [6, 6.07) is 9.94. The lowest BCUT2D eigenvalue weighted by Gasteiger charge is -2.03. The molecular weight excluding hydrogens is 311 g/mol. The molecule has 0 aliphatic rings. The molecule has 94 valence electrons. The fourth-order valence-electron chi connectivity index (χ4n) is 2.00. The molecular formula is C14H8BrFN2O. The van der Waals surface area contributed by atoms with Crippen LogP contribution in [0.4, 0.5) is 4.39 Å². The van der Waals surface area contributed by atoms with E-state index in [1.807, 2.05) is 6.07 Å². The number of hydrogen-bond acceptors (Lipinski definition) is 2. The number of nitrogens with zero attached hydrogens (tertiary/aromatic N) is 2. The first-order valence-corrected chi connectivity index (χ1v) is 6.37. The molecule has 0 aliphatic carbocycles. The molecule has 5 heteroatoms. The van der Waals surface area contributed by atoms with Crippen molar-refractivity contribution in [2.24, 2.45) is 0 Å². The van der Waals surface area contributed by atoms with Crippen molar-refractivity contribution in [1.82, 2.24) is 9.38 Å². The highest BCUT2D eigenvalue weighted by atomic mass is 79.9. The van der Waals surface area contributed by atoms with Gasteiger partial charge in [-0.05, 0) is 40.2 Å². The van der Waals surface area contributed by atoms with Crippen molar-refractivity contribution < 1.29 is 9.18 Å². The number of carbonyl (C=O) groups excluding carboxylic acids is 1. The normalized spacial score (nSPS) is 10.8. The summed E-state index contributed by atoms with van der Waals surface area (Å²) >= 11 is 3.36. The highest BCUT2D eigenvalue weighted by molar-refractivity contribution is 9.10. The van der Waals surface area contributed by atoms with Gasteiger partial charge in [-0.15, -0.1) is 0 Å². The molecule has 0 atom stereocenters. The van der Waals surface area contributed by atoms with Crippen LogP contribution in [0.25, 0.3) is 16.9 Å². The van der Waals surface area contributed by atoms with Gasteiger partial charge in [0.1, 0.15) is 17.3 Å². The maximum atomic E-state index is 13.9. The number of halogens is 2. The Balaban J connectivity index is 2.38. The van der Waals surface area contributed by atoms with E-state index in [9.17, 15) is 9.18 Å². The second-order valence-corrected chi connectivity index (χ2v) is 4.94. The molecule has 0 spiro atoms. The Kier molecular flexibility index (Phi) is 2.91. The second-order valence-electron chi connectivity index (χ2n) is 4.02. The van der Waals surface area contributed by atoms with E-state index in [1.54, 1.807) is 34.9 Å². The molecule has 0 unspecified atom stereocenters. The predicted octanol–water partition coefficient (Wildman–Crippen LogP) is 3.72. The van der Waals surface area contributed by atoms with Crippen molar-refractivity contribution in [2.75, 3.05) is 0 Å². The number of fused-ring (bicyclic) bond motifs is 1. The van der Waals surface area contributed by atoms with Gasteiger partial charge in [-0.3, -0.25) is 9.20 Å². The van der Waals surface area contributed by atoms with E-state index >= 15 is 0 Å². The Morgan fingerprint density at radius 3 is 2.74 bits per heavy atom. The molecule has 0 bridgehead atoms. The van der Waals surface area contributed by atoms with Gasteiger partial charge in [0.05, 0.1) is 11.1 Å². The van der Waals surface area contributed by atoms with E-state index in [-0.39, 0.29) is 5.82 Å². The third-order valence-electron chi connectivity index (χ3n) is 2.86. The zero-order valence-electron chi connectivity index (χ0n) is 9.68. The van der Waals surface area contributed by atoms with E-state index in [0.29, 0.717) is 28.9 Å².